The number of hydrogen-bond donors (Lipinski definition) is 1. The number of rotatable bonds is 8. The van der Waals surface area contributed by atoms with Gasteiger partial charge in [-0.25, -0.2) is 4.39 Å². The zero-order valence-electron chi connectivity index (χ0n) is 23.1. The number of alkyl halides is 1. The predicted molar refractivity (Wildman–Crippen MR) is 150 cm³/mol. The summed E-state index contributed by atoms with van der Waals surface area (Å²) in [5.41, 5.74) is 5.43. The third kappa shape index (κ3) is 6.63. The molecule has 0 aromatic heterocycles. The molecule has 2 nitrogen and oxygen atoms in total. The molecule has 0 bridgehead atoms. The van der Waals surface area contributed by atoms with E-state index in [0.29, 0.717) is 11.3 Å². The Labute approximate surface area is 213 Å². The number of nitrogens with zero attached hydrogens (tertiary/aromatic N) is 1. The van der Waals surface area contributed by atoms with E-state index in [4.69, 9.17) is 0 Å². The fourth-order valence-electron chi connectivity index (χ4n) is 4.59. The first kappa shape index (κ1) is 28.4. The lowest BCUT2D eigenvalue weighted by Crippen LogP contribution is -2.18. The molecule has 1 fully saturated rings. The zero-order valence-corrected chi connectivity index (χ0v) is 23.1. The lowest BCUT2D eigenvalue weighted by Gasteiger charge is -2.28. The number of hydrogen-bond acceptors (Lipinski definition) is 2. The Morgan fingerprint density at radius 2 is 1.66 bits per heavy atom. The van der Waals surface area contributed by atoms with Gasteiger partial charge in [0, 0.05) is 33.5 Å². The number of nitriles is 1. The van der Waals surface area contributed by atoms with Crippen molar-refractivity contribution in [3.63, 3.8) is 0 Å². The fourth-order valence-corrected chi connectivity index (χ4v) is 4.59. The van der Waals surface area contributed by atoms with Crippen molar-refractivity contribution >= 4 is 11.3 Å². The van der Waals surface area contributed by atoms with Gasteiger partial charge in [0.15, 0.2) is 0 Å². The molecule has 2 rings (SSSR count). The van der Waals surface area contributed by atoms with Gasteiger partial charge >= 0.3 is 0 Å². The van der Waals surface area contributed by atoms with Crippen molar-refractivity contribution in [2.75, 3.05) is 5.32 Å². The first-order chi connectivity index (χ1) is 16.0. The molecule has 1 aromatic carbocycles. The Balaban J connectivity index is 2.62. The smallest absolute Gasteiger partial charge is 0.130 e. The van der Waals surface area contributed by atoms with E-state index in [0.717, 1.165) is 59.2 Å². The topological polar surface area (TPSA) is 35.8 Å². The highest BCUT2D eigenvalue weighted by atomic mass is 19.1. The molecule has 188 valence electrons. The second kappa shape index (κ2) is 10.4. The molecule has 0 unspecified atom stereocenters. The van der Waals surface area contributed by atoms with E-state index in [1.54, 1.807) is 19.9 Å². The Bertz CT molecular complexity index is 1120. The van der Waals surface area contributed by atoms with Crippen molar-refractivity contribution in [1.82, 2.24) is 0 Å². The van der Waals surface area contributed by atoms with Gasteiger partial charge in [0.2, 0.25) is 0 Å². The van der Waals surface area contributed by atoms with Crippen LogP contribution in [-0.2, 0) is 5.67 Å². The van der Waals surface area contributed by atoms with Crippen LogP contribution in [0.4, 0.5) is 10.1 Å². The average molecular weight is 475 g/mol. The zero-order chi connectivity index (χ0) is 26.8. The summed E-state index contributed by atoms with van der Waals surface area (Å²) in [6, 6.07) is 8.01. The van der Waals surface area contributed by atoms with Crippen LogP contribution in [0.2, 0.25) is 0 Å². The molecule has 0 spiro atoms. The van der Waals surface area contributed by atoms with Crippen molar-refractivity contribution in [3.8, 4) is 6.07 Å². The van der Waals surface area contributed by atoms with Gasteiger partial charge in [-0.15, -0.1) is 0 Å². The summed E-state index contributed by atoms with van der Waals surface area (Å²) in [5.74, 6) is 0. The Morgan fingerprint density at radius 1 is 1.09 bits per heavy atom. The van der Waals surface area contributed by atoms with Crippen LogP contribution >= 0.6 is 0 Å². The molecular formula is C32H43FN2. The molecule has 35 heavy (non-hydrogen) atoms. The maximum Gasteiger partial charge on any atom is 0.130 e. The normalized spacial score (nSPS) is 16.9. The van der Waals surface area contributed by atoms with Crippen molar-refractivity contribution in [2.45, 2.75) is 86.7 Å². The molecule has 1 aromatic rings. The van der Waals surface area contributed by atoms with Crippen LogP contribution in [0, 0.1) is 22.2 Å². The molecule has 0 aliphatic heterocycles. The predicted octanol–water partition coefficient (Wildman–Crippen LogP) is 9.80. The monoisotopic (exact) mass is 474 g/mol. The highest BCUT2D eigenvalue weighted by Crippen LogP contribution is 2.46. The second-order valence-electron chi connectivity index (χ2n) is 11.8. The molecule has 1 saturated carbocycles. The van der Waals surface area contributed by atoms with E-state index in [1.807, 2.05) is 19.1 Å². The first-order valence-corrected chi connectivity index (χ1v) is 12.5. The summed E-state index contributed by atoms with van der Waals surface area (Å²) in [5, 5.41) is 13.6. The number of benzene rings is 1. The molecule has 0 amide bonds. The first-order valence-electron chi connectivity index (χ1n) is 12.5. The quantitative estimate of drug-likeness (QED) is 0.300. The van der Waals surface area contributed by atoms with Gasteiger partial charge in [-0.2, -0.15) is 5.26 Å². The molecular weight excluding hydrogens is 431 g/mol. The lowest BCUT2D eigenvalue weighted by atomic mass is 9.77. The van der Waals surface area contributed by atoms with Gasteiger partial charge in [-0.3, -0.25) is 0 Å². The van der Waals surface area contributed by atoms with Crippen LogP contribution in [0.15, 0.2) is 72.0 Å². The number of halogens is 1. The Morgan fingerprint density at radius 3 is 2.11 bits per heavy atom. The maximum atomic E-state index is 14.9. The van der Waals surface area contributed by atoms with E-state index in [9.17, 15) is 9.65 Å². The fraction of sp³-hybridized carbons (Fsp3) is 0.469. The SMILES string of the molecule is C=C(C)/C(C(=C)Nc1ccc(C(C)(C)F)cc1C(=C)/C=C(\C)C(C)(C)C)=C(/C#N)C1(C)CCCC1. The summed E-state index contributed by atoms with van der Waals surface area (Å²) in [7, 11) is 0. The number of allylic oxidation sites excluding steroid dienone is 5. The molecule has 0 radical (unpaired) electrons. The van der Waals surface area contributed by atoms with Crippen LogP contribution in [0.1, 0.15) is 92.2 Å². The second-order valence-corrected chi connectivity index (χ2v) is 11.8. The van der Waals surface area contributed by atoms with Gasteiger partial charge in [-0.05, 0) is 74.8 Å². The minimum atomic E-state index is -1.48. The summed E-state index contributed by atoms with van der Waals surface area (Å²) < 4.78 is 14.9. The molecule has 0 atom stereocenters. The summed E-state index contributed by atoms with van der Waals surface area (Å²) in [6.07, 6.45) is 6.27. The van der Waals surface area contributed by atoms with Crippen LogP contribution in [0.3, 0.4) is 0 Å². The minimum absolute atomic E-state index is 0.00855. The molecule has 1 aliphatic rings. The molecule has 1 aliphatic carbocycles. The van der Waals surface area contributed by atoms with Crippen molar-refractivity contribution in [3.05, 3.63) is 83.1 Å². The van der Waals surface area contributed by atoms with Gasteiger partial charge < -0.3 is 5.32 Å². The Hall–Kier alpha value is -2.86. The van der Waals surface area contributed by atoms with Crippen molar-refractivity contribution in [2.24, 2.45) is 10.8 Å². The van der Waals surface area contributed by atoms with E-state index < -0.39 is 5.67 Å². The van der Waals surface area contributed by atoms with Gasteiger partial charge in [0.25, 0.3) is 0 Å². The summed E-state index contributed by atoms with van der Waals surface area (Å²) >= 11 is 0. The highest BCUT2D eigenvalue weighted by Gasteiger charge is 2.35. The molecule has 0 heterocycles. The Kier molecular flexibility index (Phi) is 8.44. The number of nitrogens with one attached hydrogen (secondary N) is 1. The van der Waals surface area contributed by atoms with Crippen LogP contribution in [-0.4, -0.2) is 0 Å². The lowest BCUT2D eigenvalue weighted by molar-refractivity contribution is 0.221. The molecule has 1 N–H and O–H groups in total. The average Bonchev–Trinajstić information content (AvgIpc) is 3.17. The highest BCUT2D eigenvalue weighted by molar-refractivity contribution is 5.83. The van der Waals surface area contributed by atoms with Crippen LogP contribution < -0.4 is 5.32 Å². The van der Waals surface area contributed by atoms with Crippen molar-refractivity contribution in [1.29, 1.82) is 5.26 Å². The van der Waals surface area contributed by atoms with Crippen LogP contribution in [0.5, 0.6) is 0 Å². The van der Waals surface area contributed by atoms with Gasteiger partial charge in [-0.1, -0.05) is 78.0 Å². The van der Waals surface area contributed by atoms with E-state index in [1.165, 1.54) is 5.57 Å². The third-order valence-corrected chi connectivity index (χ3v) is 7.31. The molecule has 3 heteroatoms. The summed E-state index contributed by atoms with van der Waals surface area (Å²) in [4.78, 5) is 0. The molecule has 0 saturated heterocycles. The number of anilines is 1. The third-order valence-electron chi connectivity index (χ3n) is 7.31. The van der Waals surface area contributed by atoms with E-state index in [2.05, 4.69) is 71.8 Å². The van der Waals surface area contributed by atoms with E-state index in [-0.39, 0.29) is 10.8 Å². The minimum Gasteiger partial charge on any atom is -0.355 e. The van der Waals surface area contributed by atoms with Crippen molar-refractivity contribution < 1.29 is 4.39 Å². The standard InChI is InChI=1S/C32H43FN2/c1-21(2)29(27(20-34)32(11)16-12-13-17-32)24(5)35-28-15-14-25(31(9,10)33)19-26(28)22(3)18-23(4)30(6,7)8/h14-15,18-19,35H,1,3,5,12-13,16-17H2,2,4,6-11H3/b23-18+,29-27+. The maximum absolute atomic E-state index is 14.9. The van der Waals surface area contributed by atoms with Gasteiger partial charge in [0.1, 0.15) is 5.67 Å². The van der Waals surface area contributed by atoms with Crippen LogP contribution in [0.25, 0.3) is 5.57 Å². The van der Waals surface area contributed by atoms with Gasteiger partial charge in [0.05, 0.1) is 6.07 Å². The summed E-state index contributed by atoms with van der Waals surface area (Å²) in [6.45, 7) is 28.6. The largest absolute Gasteiger partial charge is 0.355 e. The van der Waals surface area contributed by atoms with E-state index >= 15 is 0 Å².